The molecule has 0 saturated heterocycles. The van der Waals surface area contributed by atoms with Crippen molar-refractivity contribution in [3.05, 3.63) is 54.1 Å². The Morgan fingerprint density at radius 2 is 1.93 bits per heavy atom. The van der Waals surface area contributed by atoms with Crippen molar-refractivity contribution < 1.29 is 14.3 Å². The lowest BCUT2D eigenvalue weighted by atomic mass is 9.96. The first-order valence-corrected chi connectivity index (χ1v) is 9.44. The van der Waals surface area contributed by atoms with E-state index in [1.165, 1.54) is 0 Å². The zero-order valence-electron chi connectivity index (χ0n) is 16.5. The van der Waals surface area contributed by atoms with Crippen LogP contribution in [0.15, 0.2) is 58.6 Å². The highest BCUT2D eigenvalue weighted by molar-refractivity contribution is 6.21. The van der Waals surface area contributed by atoms with Crippen molar-refractivity contribution in [2.24, 2.45) is 21.8 Å². The second-order valence-electron chi connectivity index (χ2n) is 7.14. The SMILES string of the molecule is COc1ccc(CCN(CC2=NC(=O)C3C=CC=CC3=N2)C(=O)C(C)C)cc1. The molecule has 0 bridgehead atoms. The maximum Gasteiger partial charge on any atom is 0.260 e. The van der Waals surface area contributed by atoms with Crippen molar-refractivity contribution >= 4 is 23.4 Å². The van der Waals surface area contributed by atoms with Crippen LogP contribution in [0.25, 0.3) is 0 Å². The van der Waals surface area contributed by atoms with E-state index in [-0.39, 0.29) is 24.3 Å². The van der Waals surface area contributed by atoms with E-state index in [2.05, 4.69) is 9.98 Å². The highest BCUT2D eigenvalue weighted by atomic mass is 16.5. The smallest absolute Gasteiger partial charge is 0.260 e. The zero-order chi connectivity index (χ0) is 20.1. The number of hydrogen-bond donors (Lipinski definition) is 0. The van der Waals surface area contributed by atoms with E-state index in [0.717, 1.165) is 11.3 Å². The first kappa shape index (κ1) is 19.7. The maximum absolute atomic E-state index is 12.7. The maximum atomic E-state index is 12.7. The number of carbonyl (C=O) groups excluding carboxylic acids is 2. The molecular weight excluding hydrogens is 354 g/mol. The average Bonchev–Trinajstić information content (AvgIpc) is 2.71. The number of rotatable bonds is 7. The summed E-state index contributed by atoms with van der Waals surface area (Å²) in [6.45, 7) is 4.49. The van der Waals surface area contributed by atoms with Crippen LogP contribution < -0.4 is 4.74 Å². The normalized spacial score (nSPS) is 17.9. The number of fused-ring (bicyclic) bond motifs is 1. The first-order chi connectivity index (χ1) is 13.5. The number of amidine groups is 1. The van der Waals surface area contributed by atoms with Gasteiger partial charge in [-0.15, -0.1) is 0 Å². The van der Waals surface area contributed by atoms with Crippen LogP contribution in [0.2, 0.25) is 0 Å². The molecule has 0 radical (unpaired) electrons. The largest absolute Gasteiger partial charge is 0.497 e. The van der Waals surface area contributed by atoms with E-state index in [1.54, 1.807) is 18.1 Å². The molecule has 28 heavy (non-hydrogen) atoms. The van der Waals surface area contributed by atoms with Gasteiger partial charge in [0.25, 0.3) is 5.91 Å². The Kier molecular flexibility index (Phi) is 6.19. The Morgan fingerprint density at radius 3 is 2.61 bits per heavy atom. The molecule has 1 heterocycles. The lowest BCUT2D eigenvalue weighted by Gasteiger charge is -2.26. The number of carbonyl (C=O) groups is 2. The van der Waals surface area contributed by atoms with Gasteiger partial charge >= 0.3 is 0 Å². The van der Waals surface area contributed by atoms with Crippen molar-refractivity contribution in [3.63, 3.8) is 0 Å². The summed E-state index contributed by atoms with van der Waals surface area (Å²) in [5.74, 6) is 0.433. The van der Waals surface area contributed by atoms with Gasteiger partial charge in [-0.05, 0) is 30.2 Å². The van der Waals surface area contributed by atoms with Crippen LogP contribution in [-0.4, -0.2) is 48.5 Å². The van der Waals surface area contributed by atoms with Gasteiger partial charge in [0, 0.05) is 12.5 Å². The van der Waals surface area contributed by atoms with E-state index in [0.29, 0.717) is 24.5 Å². The van der Waals surface area contributed by atoms with Gasteiger partial charge in [0.15, 0.2) is 5.84 Å². The fourth-order valence-electron chi connectivity index (χ4n) is 3.15. The van der Waals surface area contributed by atoms with E-state index in [1.807, 2.05) is 56.3 Å². The van der Waals surface area contributed by atoms with Crippen molar-refractivity contribution in [2.45, 2.75) is 20.3 Å². The third kappa shape index (κ3) is 4.63. The molecule has 1 aliphatic heterocycles. The third-order valence-electron chi connectivity index (χ3n) is 4.73. The summed E-state index contributed by atoms with van der Waals surface area (Å²) in [7, 11) is 1.63. The topological polar surface area (TPSA) is 71.3 Å². The molecule has 6 heteroatoms. The average molecular weight is 379 g/mol. The van der Waals surface area contributed by atoms with Crippen LogP contribution in [0.5, 0.6) is 5.75 Å². The Balaban J connectivity index is 1.72. The van der Waals surface area contributed by atoms with Crippen LogP contribution in [0.3, 0.4) is 0 Å². The Hall–Kier alpha value is -3.02. The number of amides is 2. The minimum Gasteiger partial charge on any atom is -0.497 e. The number of nitrogens with zero attached hydrogens (tertiary/aromatic N) is 3. The van der Waals surface area contributed by atoms with Crippen LogP contribution in [0.4, 0.5) is 0 Å². The third-order valence-corrected chi connectivity index (χ3v) is 4.73. The van der Waals surface area contributed by atoms with Gasteiger partial charge < -0.3 is 9.64 Å². The van der Waals surface area contributed by atoms with Gasteiger partial charge in [0.05, 0.1) is 19.4 Å². The molecule has 6 nitrogen and oxygen atoms in total. The molecule has 1 aromatic rings. The molecule has 0 saturated carbocycles. The van der Waals surface area contributed by atoms with Crippen molar-refractivity contribution in [2.75, 3.05) is 20.2 Å². The molecule has 146 valence electrons. The summed E-state index contributed by atoms with van der Waals surface area (Å²) in [4.78, 5) is 35.4. The van der Waals surface area contributed by atoms with Gasteiger partial charge in [0.2, 0.25) is 5.91 Å². The zero-order valence-corrected chi connectivity index (χ0v) is 16.5. The summed E-state index contributed by atoms with van der Waals surface area (Å²) < 4.78 is 5.18. The second-order valence-corrected chi connectivity index (χ2v) is 7.14. The Morgan fingerprint density at radius 1 is 1.18 bits per heavy atom. The molecule has 1 atom stereocenters. The molecule has 2 amide bonds. The van der Waals surface area contributed by atoms with E-state index >= 15 is 0 Å². The lowest BCUT2D eigenvalue weighted by Crippen LogP contribution is -2.41. The monoisotopic (exact) mass is 379 g/mol. The predicted molar refractivity (Wildman–Crippen MR) is 110 cm³/mol. The summed E-state index contributed by atoms with van der Waals surface area (Å²) in [5.41, 5.74) is 1.79. The molecule has 1 aromatic carbocycles. The van der Waals surface area contributed by atoms with E-state index < -0.39 is 5.92 Å². The number of ether oxygens (including phenoxy) is 1. The molecule has 2 aliphatic rings. The predicted octanol–water partition coefficient (Wildman–Crippen LogP) is 2.84. The number of allylic oxidation sites excluding steroid dienone is 3. The van der Waals surface area contributed by atoms with Crippen LogP contribution in [0, 0.1) is 11.8 Å². The number of benzene rings is 1. The summed E-state index contributed by atoms with van der Waals surface area (Å²) in [6.07, 6.45) is 7.99. The molecule has 3 rings (SSSR count). The van der Waals surface area contributed by atoms with E-state index in [9.17, 15) is 9.59 Å². The molecule has 0 N–H and O–H groups in total. The van der Waals surface area contributed by atoms with Crippen LogP contribution in [0.1, 0.15) is 19.4 Å². The van der Waals surface area contributed by atoms with Crippen molar-refractivity contribution in [1.29, 1.82) is 0 Å². The minimum absolute atomic E-state index is 0.0186. The number of hydrogen-bond acceptors (Lipinski definition) is 4. The standard InChI is InChI=1S/C22H25N3O3/c1-15(2)22(27)25(13-12-16-8-10-17(28-3)11-9-16)14-20-23-19-7-5-4-6-18(19)21(26)24-20/h4-11,15,18H,12-14H2,1-3H3. The fourth-order valence-corrected chi connectivity index (χ4v) is 3.15. The molecule has 0 aromatic heterocycles. The lowest BCUT2D eigenvalue weighted by molar-refractivity contribution is -0.133. The summed E-state index contributed by atoms with van der Waals surface area (Å²) in [6, 6.07) is 7.79. The molecule has 0 spiro atoms. The van der Waals surface area contributed by atoms with Crippen molar-refractivity contribution in [1.82, 2.24) is 4.90 Å². The van der Waals surface area contributed by atoms with Gasteiger partial charge in [-0.1, -0.05) is 44.2 Å². The van der Waals surface area contributed by atoms with Crippen LogP contribution >= 0.6 is 0 Å². The Bertz CT molecular complexity index is 864. The molecule has 1 aliphatic carbocycles. The van der Waals surface area contributed by atoms with Gasteiger partial charge in [-0.25, -0.2) is 4.99 Å². The van der Waals surface area contributed by atoms with Gasteiger partial charge in [-0.2, -0.15) is 4.99 Å². The Labute approximate surface area is 165 Å². The van der Waals surface area contributed by atoms with Crippen molar-refractivity contribution in [3.8, 4) is 5.75 Å². The van der Waals surface area contributed by atoms with Crippen LogP contribution in [-0.2, 0) is 16.0 Å². The first-order valence-electron chi connectivity index (χ1n) is 9.44. The summed E-state index contributed by atoms with van der Waals surface area (Å²) >= 11 is 0. The number of methoxy groups -OCH3 is 1. The summed E-state index contributed by atoms with van der Waals surface area (Å²) in [5, 5.41) is 0. The molecule has 1 unspecified atom stereocenters. The second kappa shape index (κ2) is 8.78. The molecule has 0 fully saturated rings. The van der Waals surface area contributed by atoms with E-state index in [4.69, 9.17) is 4.74 Å². The van der Waals surface area contributed by atoms with Gasteiger partial charge in [0.1, 0.15) is 11.7 Å². The quantitative estimate of drug-likeness (QED) is 0.731. The minimum atomic E-state index is -0.401. The number of aliphatic imine (C=N–C) groups is 2. The fraction of sp³-hybridized carbons (Fsp3) is 0.364. The highest BCUT2D eigenvalue weighted by Gasteiger charge is 2.28. The highest BCUT2D eigenvalue weighted by Crippen LogP contribution is 2.17. The molecular formula is C22H25N3O3. The van der Waals surface area contributed by atoms with Gasteiger partial charge in [-0.3, -0.25) is 9.59 Å².